The van der Waals surface area contributed by atoms with Crippen molar-refractivity contribution in [2.45, 2.75) is 18.7 Å². The monoisotopic (exact) mass is 326 g/mol. The molecule has 2 aromatic heterocycles. The van der Waals surface area contributed by atoms with Gasteiger partial charge in [-0.25, -0.2) is 4.98 Å². The molecule has 2 rings (SSSR count). The van der Waals surface area contributed by atoms with Crippen LogP contribution in [0, 0.1) is 13.8 Å². The highest BCUT2D eigenvalue weighted by Gasteiger charge is 2.32. The van der Waals surface area contributed by atoms with Gasteiger partial charge < -0.3 is 10.4 Å². The van der Waals surface area contributed by atoms with Crippen LogP contribution in [-0.2, 0) is 21.7 Å². The minimum atomic E-state index is -3.48. The van der Waals surface area contributed by atoms with Crippen LogP contribution in [0.2, 0.25) is 0 Å². The smallest absolute Gasteiger partial charge is 0.347 e. The van der Waals surface area contributed by atoms with E-state index in [2.05, 4.69) is 20.1 Å². The van der Waals surface area contributed by atoms with Gasteiger partial charge in [0.05, 0.1) is 24.2 Å². The number of nitrogens with one attached hydrogen (secondary N) is 2. The number of rotatable bonds is 6. The summed E-state index contributed by atoms with van der Waals surface area (Å²) in [5.41, 5.74) is 1.96. The SMILES string of the molecule is Cc1nn(C)c(C)c1N[S+](=O)(O)c1ccc(NCCO)nc1. The van der Waals surface area contributed by atoms with Crippen molar-refractivity contribution in [2.24, 2.45) is 7.05 Å². The lowest BCUT2D eigenvalue weighted by Gasteiger charge is -2.08. The molecule has 4 N–H and O–H groups in total. The third-order valence-electron chi connectivity index (χ3n) is 3.22. The summed E-state index contributed by atoms with van der Waals surface area (Å²) in [5, 5.41) is 15.8. The second kappa shape index (κ2) is 6.42. The molecular weight excluding hydrogens is 306 g/mol. The molecule has 0 spiro atoms. The minimum absolute atomic E-state index is 0.0126. The molecule has 0 radical (unpaired) electrons. The standard InChI is InChI=1S/C13H19N5O3S/c1-9-13(10(2)18(3)16-9)17-22(20,21)11-4-5-12(15-8-11)14-6-7-19/h4-5,8,19H,6-7H2,1-3H3,(H2-,14,15,17,20,21)/p+1. The molecule has 0 aliphatic heterocycles. The van der Waals surface area contributed by atoms with Gasteiger partial charge in [-0.2, -0.15) is 14.4 Å². The molecule has 8 nitrogen and oxygen atoms in total. The molecule has 1 unspecified atom stereocenters. The lowest BCUT2D eigenvalue weighted by atomic mass is 10.3. The Labute approximate surface area is 130 Å². The fraction of sp³-hybridized carbons (Fsp3) is 0.385. The molecule has 0 saturated carbocycles. The van der Waals surface area contributed by atoms with E-state index in [9.17, 15) is 8.76 Å². The molecule has 0 aliphatic rings. The molecule has 2 heterocycles. The lowest BCUT2D eigenvalue weighted by molar-refractivity contribution is 0.311. The van der Waals surface area contributed by atoms with Crippen molar-refractivity contribution in [3.8, 4) is 0 Å². The third-order valence-corrected chi connectivity index (χ3v) is 4.58. The second-order valence-corrected chi connectivity index (χ2v) is 6.55. The maximum absolute atomic E-state index is 12.5. The van der Waals surface area contributed by atoms with E-state index >= 15 is 0 Å². The number of aromatic nitrogens is 3. The number of aliphatic hydroxyl groups is 1. The van der Waals surface area contributed by atoms with E-state index in [-0.39, 0.29) is 11.5 Å². The first-order chi connectivity index (χ1) is 10.3. The van der Waals surface area contributed by atoms with Crippen LogP contribution >= 0.6 is 0 Å². The molecule has 120 valence electrons. The molecule has 9 heteroatoms. The van der Waals surface area contributed by atoms with Crippen LogP contribution in [0.4, 0.5) is 11.5 Å². The number of anilines is 2. The first kappa shape index (κ1) is 16.4. The van der Waals surface area contributed by atoms with E-state index in [1.165, 1.54) is 12.3 Å². The van der Waals surface area contributed by atoms with Crippen molar-refractivity contribution >= 4 is 21.9 Å². The highest BCUT2D eigenvalue weighted by atomic mass is 32.3. The van der Waals surface area contributed by atoms with Crippen molar-refractivity contribution in [3.63, 3.8) is 0 Å². The first-order valence-electron chi connectivity index (χ1n) is 6.70. The van der Waals surface area contributed by atoms with Crippen LogP contribution in [0.5, 0.6) is 0 Å². The van der Waals surface area contributed by atoms with Gasteiger partial charge in [0.1, 0.15) is 11.5 Å². The van der Waals surface area contributed by atoms with Gasteiger partial charge >= 0.3 is 10.4 Å². The molecule has 2 aromatic rings. The minimum Gasteiger partial charge on any atom is -0.395 e. The highest BCUT2D eigenvalue weighted by molar-refractivity contribution is 7.99. The zero-order valence-corrected chi connectivity index (χ0v) is 13.5. The Bertz CT molecular complexity index is 698. The summed E-state index contributed by atoms with van der Waals surface area (Å²) in [6.45, 7) is 3.94. The van der Waals surface area contributed by atoms with E-state index in [4.69, 9.17) is 5.11 Å². The number of pyridine rings is 1. The number of nitrogens with zero attached hydrogens (tertiary/aromatic N) is 3. The predicted octanol–water partition coefficient (Wildman–Crippen LogP) is 1.19. The summed E-state index contributed by atoms with van der Waals surface area (Å²) in [6, 6.07) is 3.11. The van der Waals surface area contributed by atoms with Crippen LogP contribution in [0.1, 0.15) is 11.4 Å². The normalized spacial score (nSPS) is 13.7. The van der Waals surface area contributed by atoms with Gasteiger partial charge in [0.25, 0.3) is 0 Å². The van der Waals surface area contributed by atoms with Gasteiger partial charge in [0.15, 0.2) is 0 Å². The van der Waals surface area contributed by atoms with Gasteiger partial charge in [-0.15, -0.1) is 0 Å². The van der Waals surface area contributed by atoms with E-state index in [1.54, 1.807) is 24.7 Å². The fourth-order valence-electron chi connectivity index (χ4n) is 1.95. The Hall–Kier alpha value is -1.97. The van der Waals surface area contributed by atoms with Gasteiger partial charge in [0.2, 0.25) is 4.90 Å². The van der Waals surface area contributed by atoms with Crippen LogP contribution in [-0.4, -0.2) is 37.6 Å². The van der Waals surface area contributed by atoms with Crippen molar-refractivity contribution in [2.75, 3.05) is 23.2 Å². The number of aryl methyl sites for hydroxylation is 2. The zero-order valence-electron chi connectivity index (χ0n) is 12.7. The molecule has 0 amide bonds. The third kappa shape index (κ3) is 3.43. The molecular formula is C13H20N5O3S+. The number of hydrogen-bond acceptors (Lipinski definition) is 5. The summed E-state index contributed by atoms with van der Waals surface area (Å²) in [6.07, 6.45) is 1.33. The molecule has 0 aliphatic carbocycles. The van der Waals surface area contributed by atoms with E-state index < -0.39 is 10.4 Å². The van der Waals surface area contributed by atoms with Crippen molar-refractivity contribution < 1.29 is 13.9 Å². The molecule has 0 saturated heterocycles. The Balaban J connectivity index is 2.21. The average Bonchev–Trinajstić information content (AvgIpc) is 2.72. The summed E-state index contributed by atoms with van der Waals surface area (Å²) in [7, 11) is -1.70. The highest BCUT2D eigenvalue weighted by Crippen LogP contribution is 2.25. The summed E-state index contributed by atoms with van der Waals surface area (Å²) in [4.78, 5) is 4.22. The van der Waals surface area contributed by atoms with Crippen LogP contribution < -0.4 is 10.0 Å². The lowest BCUT2D eigenvalue weighted by Crippen LogP contribution is -2.21. The maximum Gasteiger partial charge on any atom is 0.347 e. The van der Waals surface area contributed by atoms with Crippen molar-refractivity contribution in [3.05, 3.63) is 29.7 Å². The second-order valence-electron chi connectivity index (χ2n) is 4.83. The van der Waals surface area contributed by atoms with Crippen LogP contribution in [0.15, 0.2) is 23.2 Å². The molecule has 0 bridgehead atoms. The van der Waals surface area contributed by atoms with E-state index in [1.807, 2.05) is 6.92 Å². The Morgan fingerprint density at radius 3 is 2.59 bits per heavy atom. The van der Waals surface area contributed by atoms with Crippen LogP contribution in [0.25, 0.3) is 0 Å². The van der Waals surface area contributed by atoms with Gasteiger partial charge in [-0.1, -0.05) is 0 Å². The van der Waals surface area contributed by atoms with E-state index in [0.717, 1.165) is 5.69 Å². The average molecular weight is 326 g/mol. The quantitative estimate of drug-likeness (QED) is 0.593. The Morgan fingerprint density at radius 1 is 1.36 bits per heavy atom. The topological polar surface area (TPSA) is 112 Å². The number of aliphatic hydroxyl groups excluding tert-OH is 1. The fourth-order valence-corrected chi connectivity index (χ4v) is 3.09. The van der Waals surface area contributed by atoms with E-state index in [0.29, 0.717) is 23.7 Å². The van der Waals surface area contributed by atoms with Crippen LogP contribution in [0.3, 0.4) is 0 Å². The predicted molar refractivity (Wildman–Crippen MR) is 85.1 cm³/mol. The largest absolute Gasteiger partial charge is 0.395 e. The van der Waals surface area contributed by atoms with Gasteiger partial charge in [-0.3, -0.25) is 4.68 Å². The summed E-state index contributed by atoms with van der Waals surface area (Å²) in [5.74, 6) is 0.529. The van der Waals surface area contributed by atoms with Crippen molar-refractivity contribution in [1.29, 1.82) is 0 Å². The Morgan fingerprint density at radius 2 is 2.09 bits per heavy atom. The maximum atomic E-state index is 12.5. The molecule has 22 heavy (non-hydrogen) atoms. The molecule has 0 fully saturated rings. The summed E-state index contributed by atoms with van der Waals surface area (Å²) < 4.78 is 27.0. The van der Waals surface area contributed by atoms with Gasteiger partial charge in [-0.05, 0) is 24.1 Å². The number of hydrogen-bond donors (Lipinski definition) is 4. The van der Waals surface area contributed by atoms with Gasteiger partial charge in [0, 0.05) is 19.7 Å². The van der Waals surface area contributed by atoms with Crippen molar-refractivity contribution in [1.82, 2.24) is 14.8 Å². The first-order valence-corrected chi connectivity index (χ1v) is 8.22. The molecule has 0 aromatic carbocycles. The summed E-state index contributed by atoms with van der Waals surface area (Å²) >= 11 is 0. The Kier molecular flexibility index (Phi) is 4.79. The zero-order chi connectivity index (χ0) is 16.3. The molecule has 1 atom stereocenters.